The molecular weight excluding hydrogens is 262 g/mol. The molecule has 0 amide bonds. The molecular formula is C18H21NO2. The zero-order valence-corrected chi connectivity index (χ0v) is 12.7. The topological polar surface area (TPSA) is 40.5 Å². The first kappa shape index (κ1) is 15.1. The Bertz CT molecular complexity index is 635. The van der Waals surface area contributed by atoms with Crippen LogP contribution in [0.15, 0.2) is 48.5 Å². The van der Waals surface area contributed by atoms with E-state index in [0.29, 0.717) is 0 Å². The second-order valence-corrected chi connectivity index (χ2v) is 5.57. The van der Waals surface area contributed by atoms with Crippen LogP contribution in [0, 0.1) is 0 Å². The second kappa shape index (κ2) is 6.44. The van der Waals surface area contributed by atoms with Crippen LogP contribution in [0.1, 0.15) is 24.8 Å². The van der Waals surface area contributed by atoms with Crippen LogP contribution in [0.2, 0.25) is 0 Å². The van der Waals surface area contributed by atoms with Crippen LogP contribution in [0.25, 0.3) is 11.1 Å². The molecule has 0 spiro atoms. The van der Waals surface area contributed by atoms with Crippen molar-refractivity contribution in [3.63, 3.8) is 0 Å². The molecule has 1 unspecified atom stereocenters. The van der Waals surface area contributed by atoms with E-state index in [1.54, 1.807) is 0 Å². The monoisotopic (exact) mass is 283 g/mol. The van der Waals surface area contributed by atoms with Crippen molar-refractivity contribution in [1.82, 2.24) is 0 Å². The molecule has 0 fully saturated rings. The van der Waals surface area contributed by atoms with Gasteiger partial charge in [-0.1, -0.05) is 43.3 Å². The van der Waals surface area contributed by atoms with Gasteiger partial charge < -0.3 is 10.0 Å². The van der Waals surface area contributed by atoms with E-state index in [4.69, 9.17) is 5.11 Å². The Morgan fingerprint density at radius 2 is 1.71 bits per heavy atom. The van der Waals surface area contributed by atoms with E-state index in [1.165, 1.54) is 0 Å². The van der Waals surface area contributed by atoms with E-state index >= 15 is 0 Å². The van der Waals surface area contributed by atoms with Crippen LogP contribution in [-0.2, 0) is 4.79 Å². The average molecular weight is 283 g/mol. The van der Waals surface area contributed by atoms with Crippen molar-refractivity contribution < 1.29 is 9.90 Å². The van der Waals surface area contributed by atoms with Crippen molar-refractivity contribution in [2.75, 3.05) is 19.0 Å². The van der Waals surface area contributed by atoms with E-state index in [2.05, 4.69) is 35.2 Å². The maximum Gasteiger partial charge on any atom is 0.303 e. The van der Waals surface area contributed by atoms with Gasteiger partial charge in [-0.05, 0) is 34.7 Å². The van der Waals surface area contributed by atoms with Crippen LogP contribution in [0.3, 0.4) is 0 Å². The summed E-state index contributed by atoms with van der Waals surface area (Å²) < 4.78 is 0. The lowest BCUT2D eigenvalue weighted by atomic mass is 9.94. The van der Waals surface area contributed by atoms with Gasteiger partial charge in [-0.3, -0.25) is 4.79 Å². The smallest absolute Gasteiger partial charge is 0.303 e. The fourth-order valence-corrected chi connectivity index (χ4v) is 2.37. The summed E-state index contributed by atoms with van der Waals surface area (Å²) in [5, 5.41) is 8.92. The summed E-state index contributed by atoms with van der Waals surface area (Å²) >= 11 is 0. The highest BCUT2D eigenvalue weighted by Gasteiger charge is 2.11. The van der Waals surface area contributed by atoms with Gasteiger partial charge in [0.2, 0.25) is 0 Å². The van der Waals surface area contributed by atoms with E-state index in [0.717, 1.165) is 22.4 Å². The Balaban J connectivity index is 2.32. The number of hydrogen-bond acceptors (Lipinski definition) is 2. The van der Waals surface area contributed by atoms with Gasteiger partial charge in [0, 0.05) is 19.8 Å². The first-order chi connectivity index (χ1) is 9.97. The lowest BCUT2D eigenvalue weighted by Gasteiger charge is -2.15. The fourth-order valence-electron chi connectivity index (χ4n) is 2.37. The van der Waals surface area contributed by atoms with Gasteiger partial charge in [0.1, 0.15) is 0 Å². The molecule has 0 saturated carbocycles. The maximum absolute atomic E-state index is 10.9. The number of carboxylic acids is 1. The summed E-state index contributed by atoms with van der Waals surface area (Å²) in [6.07, 6.45) is 0.154. The van der Waals surface area contributed by atoms with Crippen molar-refractivity contribution in [1.29, 1.82) is 0 Å². The lowest BCUT2D eigenvalue weighted by Crippen LogP contribution is -2.08. The quantitative estimate of drug-likeness (QED) is 0.901. The molecule has 3 heteroatoms. The first-order valence-corrected chi connectivity index (χ1v) is 7.07. The molecule has 2 rings (SSSR count). The highest BCUT2D eigenvalue weighted by molar-refractivity contribution is 5.70. The third-order valence-corrected chi connectivity index (χ3v) is 3.63. The van der Waals surface area contributed by atoms with Crippen LogP contribution in [0.4, 0.5) is 5.69 Å². The second-order valence-electron chi connectivity index (χ2n) is 5.57. The Morgan fingerprint density at radius 3 is 2.33 bits per heavy atom. The van der Waals surface area contributed by atoms with Gasteiger partial charge in [0.15, 0.2) is 0 Å². The zero-order valence-electron chi connectivity index (χ0n) is 12.7. The molecule has 0 saturated heterocycles. The molecule has 2 aromatic carbocycles. The molecule has 1 atom stereocenters. The lowest BCUT2D eigenvalue weighted by molar-refractivity contribution is -0.137. The molecule has 0 aliphatic heterocycles. The number of carbonyl (C=O) groups is 1. The van der Waals surface area contributed by atoms with Gasteiger partial charge in [-0.15, -0.1) is 0 Å². The summed E-state index contributed by atoms with van der Waals surface area (Å²) in [6.45, 7) is 1.95. The van der Waals surface area contributed by atoms with Crippen molar-refractivity contribution in [3.05, 3.63) is 54.1 Å². The molecule has 0 aliphatic rings. The third kappa shape index (κ3) is 3.85. The van der Waals surface area contributed by atoms with Gasteiger partial charge >= 0.3 is 5.97 Å². The molecule has 1 N–H and O–H groups in total. The number of anilines is 1. The Kier molecular flexibility index (Phi) is 4.63. The van der Waals surface area contributed by atoms with Crippen LogP contribution in [0.5, 0.6) is 0 Å². The van der Waals surface area contributed by atoms with Gasteiger partial charge in [-0.2, -0.15) is 0 Å². The standard InChI is InChI=1S/C18H21NO2/c1-13(10-18(20)21)14-6-4-7-15(11-14)16-8-5-9-17(12-16)19(2)3/h4-9,11-13H,10H2,1-3H3,(H,20,21). The molecule has 0 heterocycles. The number of benzene rings is 2. The minimum absolute atomic E-state index is 0.0134. The number of rotatable bonds is 5. The first-order valence-electron chi connectivity index (χ1n) is 7.07. The maximum atomic E-state index is 10.9. The summed E-state index contributed by atoms with van der Waals surface area (Å²) in [7, 11) is 4.04. The van der Waals surface area contributed by atoms with Crippen LogP contribution >= 0.6 is 0 Å². The molecule has 3 nitrogen and oxygen atoms in total. The highest BCUT2D eigenvalue weighted by Crippen LogP contribution is 2.27. The Labute approximate surface area is 125 Å². The Hall–Kier alpha value is -2.29. The molecule has 0 aliphatic carbocycles. The number of nitrogens with zero attached hydrogens (tertiary/aromatic N) is 1. The number of hydrogen-bond donors (Lipinski definition) is 1. The van der Waals surface area contributed by atoms with E-state index in [-0.39, 0.29) is 12.3 Å². The SMILES string of the molecule is CC(CC(=O)O)c1cccc(-c2cccc(N(C)C)c2)c1. The predicted molar refractivity (Wildman–Crippen MR) is 86.9 cm³/mol. The van der Waals surface area contributed by atoms with Crippen molar-refractivity contribution in [3.8, 4) is 11.1 Å². The summed E-state index contributed by atoms with van der Waals surface area (Å²) in [5.74, 6) is -0.748. The predicted octanol–water partition coefficient (Wildman–Crippen LogP) is 4.00. The van der Waals surface area contributed by atoms with Crippen LogP contribution in [-0.4, -0.2) is 25.2 Å². The molecule has 110 valence electrons. The zero-order chi connectivity index (χ0) is 15.4. The molecule has 0 radical (unpaired) electrons. The molecule has 0 bridgehead atoms. The van der Waals surface area contributed by atoms with E-state index < -0.39 is 5.97 Å². The Morgan fingerprint density at radius 1 is 1.10 bits per heavy atom. The molecule has 0 aromatic heterocycles. The highest BCUT2D eigenvalue weighted by atomic mass is 16.4. The minimum Gasteiger partial charge on any atom is -0.481 e. The molecule has 21 heavy (non-hydrogen) atoms. The summed E-state index contributed by atoms with van der Waals surface area (Å²) in [6, 6.07) is 16.5. The van der Waals surface area contributed by atoms with Gasteiger partial charge in [-0.25, -0.2) is 0 Å². The number of aliphatic carboxylic acids is 1. The third-order valence-electron chi connectivity index (χ3n) is 3.63. The normalized spacial score (nSPS) is 12.0. The molecule has 2 aromatic rings. The number of carboxylic acid groups (broad SMARTS) is 1. The van der Waals surface area contributed by atoms with Crippen molar-refractivity contribution >= 4 is 11.7 Å². The van der Waals surface area contributed by atoms with Crippen molar-refractivity contribution in [2.24, 2.45) is 0 Å². The minimum atomic E-state index is -0.762. The summed E-state index contributed by atoms with van der Waals surface area (Å²) in [5.41, 5.74) is 4.47. The fraction of sp³-hybridized carbons (Fsp3) is 0.278. The van der Waals surface area contributed by atoms with Gasteiger partial charge in [0.25, 0.3) is 0 Å². The van der Waals surface area contributed by atoms with Crippen LogP contribution < -0.4 is 4.90 Å². The van der Waals surface area contributed by atoms with Crippen molar-refractivity contribution in [2.45, 2.75) is 19.3 Å². The summed E-state index contributed by atoms with van der Waals surface area (Å²) in [4.78, 5) is 12.9. The average Bonchev–Trinajstić information content (AvgIpc) is 2.47. The largest absolute Gasteiger partial charge is 0.481 e. The van der Waals surface area contributed by atoms with E-state index in [1.807, 2.05) is 39.2 Å². The van der Waals surface area contributed by atoms with Gasteiger partial charge in [0.05, 0.1) is 6.42 Å². The van der Waals surface area contributed by atoms with E-state index in [9.17, 15) is 4.79 Å².